The molecule has 1 aromatic rings. The van der Waals surface area contributed by atoms with E-state index in [2.05, 4.69) is 23.2 Å². The predicted octanol–water partition coefficient (Wildman–Crippen LogP) is 2.96. The van der Waals surface area contributed by atoms with Crippen molar-refractivity contribution in [3.8, 4) is 0 Å². The molecule has 0 aromatic carbocycles. The highest BCUT2D eigenvalue weighted by Gasteiger charge is 2.31. The standard InChI is InChI=1S/C19H32N2O2/c1-15(8-9-17-5-4-14-23-17)20-16-10-12-21(13-11-16)18-6-2-3-7-19(18)22/h4-5,14-16,18-20,22H,2-3,6-13H2,1H3/t15-,18+,19-/m1/s1. The number of nitrogens with one attached hydrogen (secondary N) is 1. The zero-order chi connectivity index (χ0) is 16.1. The highest BCUT2D eigenvalue weighted by atomic mass is 16.3. The van der Waals surface area contributed by atoms with E-state index in [1.807, 2.05) is 6.07 Å². The largest absolute Gasteiger partial charge is 0.469 e. The van der Waals surface area contributed by atoms with Crippen LogP contribution in [0.5, 0.6) is 0 Å². The molecule has 2 aliphatic rings. The van der Waals surface area contributed by atoms with E-state index in [9.17, 15) is 5.11 Å². The van der Waals surface area contributed by atoms with Crippen molar-refractivity contribution < 1.29 is 9.52 Å². The highest BCUT2D eigenvalue weighted by molar-refractivity contribution is 4.98. The molecule has 2 fully saturated rings. The number of hydrogen-bond donors (Lipinski definition) is 2. The summed E-state index contributed by atoms with van der Waals surface area (Å²) in [5.74, 6) is 1.08. The van der Waals surface area contributed by atoms with Gasteiger partial charge in [-0.3, -0.25) is 4.90 Å². The van der Waals surface area contributed by atoms with Gasteiger partial charge in [-0.1, -0.05) is 12.8 Å². The van der Waals surface area contributed by atoms with Gasteiger partial charge in [-0.2, -0.15) is 0 Å². The molecule has 2 N–H and O–H groups in total. The van der Waals surface area contributed by atoms with Crippen molar-refractivity contribution in [1.29, 1.82) is 0 Å². The smallest absolute Gasteiger partial charge is 0.103 e. The van der Waals surface area contributed by atoms with E-state index in [4.69, 9.17) is 4.42 Å². The predicted molar refractivity (Wildman–Crippen MR) is 92.5 cm³/mol. The van der Waals surface area contributed by atoms with E-state index < -0.39 is 0 Å². The number of likely N-dealkylation sites (tertiary alicyclic amines) is 1. The first-order chi connectivity index (χ1) is 11.2. The van der Waals surface area contributed by atoms with Gasteiger partial charge in [-0.05, 0) is 51.2 Å². The number of aliphatic hydroxyl groups excluding tert-OH is 1. The Morgan fingerprint density at radius 1 is 1.26 bits per heavy atom. The number of aryl methyl sites for hydroxylation is 1. The van der Waals surface area contributed by atoms with Gasteiger partial charge >= 0.3 is 0 Å². The summed E-state index contributed by atoms with van der Waals surface area (Å²) in [5, 5.41) is 14.0. The van der Waals surface area contributed by atoms with Crippen LogP contribution in [-0.4, -0.2) is 47.3 Å². The van der Waals surface area contributed by atoms with Gasteiger partial charge in [0.05, 0.1) is 12.4 Å². The third kappa shape index (κ3) is 4.82. The Labute approximate surface area is 140 Å². The number of furan rings is 1. The van der Waals surface area contributed by atoms with Gasteiger partial charge in [0.2, 0.25) is 0 Å². The maximum atomic E-state index is 10.2. The van der Waals surface area contributed by atoms with E-state index in [0.29, 0.717) is 18.1 Å². The van der Waals surface area contributed by atoms with Gasteiger partial charge in [0.1, 0.15) is 5.76 Å². The lowest BCUT2D eigenvalue weighted by molar-refractivity contribution is 0.00667. The molecule has 0 spiro atoms. The van der Waals surface area contributed by atoms with Crippen molar-refractivity contribution in [1.82, 2.24) is 10.2 Å². The van der Waals surface area contributed by atoms with Gasteiger partial charge in [-0.15, -0.1) is 0 Å². The summed E-state index contributed by atoms with van der Waals surface area (Å²) in [4.78, 5) is 2.54. The second-order valence-corrected chi connectivity index (χ2v) is 7.42. The first-order valence-corrected chi connectivity index (χ1v) is 9.43. The molecule has 1 saturated carbocycles. The summed E-state index contributed by atoms with van der Waals surface area (Å²) in [6.07, 6.45) is 10.8. The Balaban J connectivity index is 1.37. The molecule has 1 aliphatic carbocycles. The Morgan fingerprint density at radius 2 is 2.04 bits per heavy atom. The van der Waals surface area contributed by atoms with E-state index in [0.717, 1.165) is 38.1 Å². The summed E-state index contributed by atoms with van der Waals surface area (Å²) in [7, 11) is 0. The Bertz CT molecular complexity index is 440. The summed E-state index contributed by atoms with van der Waals surface area (Å²) >= 11 is 0. The van der Waals surface area contributed by atoms with Crippen LogP contribution in [-0.2, 0) is 6.42 Å². The number of nitrogens with zero attached hydrogens (tertiary/aromatic N) is 1. The maximum Gasteiger partial charge on any atom is 0.103 e. The number of hydrogen-bond acceptors (Lipinski definition) is 4. The van der Waals surface area contributed by atoms with Crippen LogP contribution in [0.15, 0.2) is 22.8 Å². The topological polar surface area (TPSA) is 48.6 Å². The number of rotatable bonds is 6. The summed E-state index contributed by atoms with van der Waals surface area (Å²) in [6.45, 7) is 4.54. The van der Waals surface area contributed by atoms with Crippen molar-refractivity contribution in [2.45, 2.75) is 82.5 Å². The van der Waals surface area contributed by atoms with Crippen LogP contribution in [0.3, 0.4) is 0 Å². The first-order valence-electron chi connectivity index (χ1n) is 9.43. The highest BCUT2D eigenvalue weighted by Crippen LogP contribution is 2.26. The van der Waals surface area contributed by atoms with Crippen molar-refractivity contribution in [2.24, 2.45) is 0 Å². The van der Waals surface area contributed by atoms with E-state index in [1.165, 1.54) is 32.1 Å². The van der Waals surface area contributed by atoms with Crippen LogP contribution in [0.25, 0.3) is 0 Å². The lowest BCUT2D eigenvalue weighted by Crippen LogP contribution is -2.52. The minimum atomic E-state index is -0.0968. The summed E-state index contributed by atoms with van der Waals surface area (Å²) in [6, 6.07) is 5.58. The molecule has 1 aromatic heterocycles. The van der Waals surface area contributed by atoms with Crippen molar-refractivity contribution in [3.63, 3.8) is 0 Å². The van der Waals surface area contributed by atoms with Gasteiger partial charge in [0.15, 0.2) is 0 Å². The van der Waals surface area contributed by atoms with Crippen LogP contribution in [0.2, 0.25) is 0 Å². The van der Waals surface area contributed by atoms with Crippen LogP contribution in [0.4, 0.5) is 0 Å². The third-order valence-electron chi connectivity index (χ3n) is 5.62. The molecular weight excluding hydrogens is 288 g/mol. The van der Waals surface area contributed by atoms with E-state index in [1.54, 1.807) is 6.26 Å². The molecule has 3 rings (SSSR count). The summed E-state index contributed by atoms with van der Waals surface area (Å²) in [5.41, 5.74) is 0. The molecule has 2 heterocycles. The molecule has 0 radical (unpaired) electrons. The average Bonchev–Trinajstić information content (AvgIpc) is 3.08. The maximum absolute atomic E-state index is 10.2. The Hall–Kier alpha value is -0.840. The zero-order valence-electron chi connectivity index (χ0n) is 14.4. The van der Waals surface area contributed by atoms with Crippen LogP contribution < -0.4 is 5.32 Å². The fourth-order valence-corrected chi connectivity index (χ4v) is 4.21. The lowest BCUT2D eigenvalue weighted by Gasteiger charge is -2.42. The molecule has 0 amide bonds. The van der Waals surface area contributed by atoms with Crippen molar-refractivity contribution in [3.05, 3.63) is 24.2 Å². The minimum absolute atomic E-state index is 0.0968. The summed E-state index contributed by atoms with van der Waals surface area (Å²) < 4.78 is 5.41. The SMILES string of the molecule is C[C@H](CCc1ccco1)NC1CCN([C@H]2CCCC[C@H]2O)CC1. The quantitative estimate of drug-likeness (QED) is 0.846. The van der Waals surface area contributed by atoms with Gasteiger partial charge < -0.3 is 14.8 Å². The number of piperidine rings is 1. The lowest BCUT2D eigenvalue weighted by atomic mass is 9.89. The monoisotopic (exact) mass is 320 g/mol. The molecule has 4 heteroatoms. The molecule has 1 aliphatic heterocycles. The van der Waals surface area contributed by atoms with Gasteiger partial charge in [0, 0.05) is 37.6 Å². The molecule has 0 bridgehead atoms. The van der Waals surface area contributed by atoms with Gasteiger partial charge in [0.25, 0.3) is 0 Å². The van der Waals surface area contributed by atoms with E-state index >= 15 is 0 Å². The number of aliphatic hydroxyl groups is 1. The molecular formula is C19H32N2O2. The van der Waals surface area contributed by atoms with E-state index in [-0.39, 0.29) is 6.10 Å². The zero-order valence-corrected chi connectivity index (χ0v) is 14.4. The van der Waals surface area contributed by atoms with Gasteiger partial charge in [-0.25, -0.2) is 0 Å². The van der Waals surface area contributed by atoms with Crippen LogP contribution in [0, 0.1) is 0 Å². The third-order valence-corrected chi connectivity index (χ3v) is 5.62. The molecule has 3 atom stereocenters. The molecule has 130 valence electrons. The molecule has 23 heavy (non-hydrogen) atoms. The van der Waals surface area contributed by atoms with Crippen molar-refractivity contribution >= 4 is 0 Å². The fraction of sp³-hybridized carbons (Fsp3) is 0.789. The second-order valence-electron chi connectivity index (χ2n) is 7.42. The minimum Gasteiger partial charge on any atom is -0.469 e. The molecule has 1 saturated heterocycles. The Kier molecular flexibility index (Phi) is 6.15. The molecule has 0 unspecified atom stereocenters. The second kappa shape index (κ2) is 8.32. The van der Waals surface area contributed by atoms with Crippen LogP contribution >= 0.6 is 0 Å². The van der Waals surface area contributed by atoms with Crippen LogP contribution in [0.1, 0.15) is 57.6 Å². The normalized spacial score (nSPS) is 28.8. The first kappa shape index (κ1) is 17.0. The molecule has 4 nitrogen and oxygen atoms in total. The average molecular weight is 320 g/mol. The van der Waals surface area contributed by atoms with Crippen molar-refractivity contribution in [2.75, 3.05) is 13.1 Å². The Morgan fingerprint density at radius 3 is 2.74 bits per heavy atom. The fourth-order valence-electron chi connectivity index (χ4n) is 4.21.